The molecule has 0 radical (unpaired) electrons. The fraction of sp³-hybridized carbons (Fsp3) is 0.316. The van der Waals surface area contributed by atoms with Gasteiger partial charge < -0.3 is 9.72 Å². The van der Waals surface area contributed by atoms with Crippen molar-refractivity contribution in [2.75, 3.05) is 19.7 Å². The molecule has 26 heavy (non-hydrogen) atoms. The Morgan fingerprint density at radius 1 is 1.31 bits per heavy atom. The zero-order valence-electron chi connectivity index (χ0n) is 14.6. The number of nitrogens with zero attached hydrogens (tertiary/aromatic N) is 3. The highest BCUT2D eigenvalue weighted by Gasteiger charge is 2.25. The first-order valence-corrected chi connectivity index (χ1v) is 8.68. The van der Waals surface area contributed by atoms with E-state index in [0.29, 0.717) is 24.7 Å². The molecule has 0 bridgehead atoms. The normalized spacial score (nSPS) is 18.1. The van der Waals surface area contributed by atoms with Crippen LogP contribution in [0.15, 0.2) is 47.4 Å². The number of H-pyrrole nitrogens is 2. The minimum atomic E-state index is -0.233. The van der Waals surface area contributed by atoms with E-state index < -0.39 is 0 Å². The molecule has 1 aromatic carbocycles. The highest BCUT2D eigenvalue weighted by molar-refractivity contribution is 5.62. The Morgan fingerprint density at radius 2 is 2.15 bits per heavy atom. The molecular formula is C19H21N5O2. The largest absolute Gasteiger partial charge is 0.368 e. The topological polar surface area (TPSA) is 86.9 Å². The van der Waals surface area contributed by atoms with E-state index in [2.05, 4.69) is 37.2 Å². The van der Waals surface area contributed by atoms with Crippen molar-refractivity contribution in [2.45, 2.75) is 19.6 Å². The summed E-state index contributed by atoms with van der Waals surface area (Å²) in [5.41, 5.74) is 3.85. The van der Waals surface area contributed by atoms with Crippen LogP contribution in [-0.4, -0.2) is 44.8 Å². The van der Waals surface area contributed by atoms with E-state index in [9.17, 15) is 4.79 Å². The number of benzene rings is 1. The average molecular weight is 351 g/mol. The third-order valence-corrected chi connectivity index (χ3v) is 4.52. The van der Waals surface area contributed by atoms with E-state index in [1.54, 1.807) is 0 Å². The van der Waals surface area contributed by atoms with E-state index in [-0.39, 0.29) is 11.7 Å². The van der Waals surface area contributed by atoms with Crippen LogP contribution in [0.4, 0.5) is 0 Å². The van der Waals surface area contributed by atoms with Gasteiger partial charge in [-0.3, -0.25) is 14.8 Å². The molecule has 1 unspecified atom stereocenters. The summed E-state index contributed by atoms with van der Waals surface area (Å²) in [7, 11) is 0. The summed E-state index contributed by atoms with van der Waals surface area (Å²) in [6.45, 7) is 4.67. The minimum absolute atomic E-state index is 0.144. The van der Waals surface area contributed by atoms with E-state index in [1.165, 1.54) is 6.07 Å². The molecule has 2 aromatic heterocycles. The van der Waals surface area contributed by atoms with Crippen molar-refractivity contribution in [2.24, 2.45) is 0 Å². The number of morpholine rings is 1. The smallest absolute Gasteiger partial charge is 0.251 e. The van der Waals surface area contributed by atoms with Gasteiger partial charge in [0, 0.05) is 37.0 Å². The summed E-state index contributed by atoms with van der Waals surface area (Å²) in [5, 5.41) is 7.32. The molecular weight excluding hydrogens is 330 g/mol. The van der Waals surface area contributed by atoms with Gasteiger partial charge in [-0.1, -0.05) is 30.3 Å². The van der Waals surface area contributed by atoms with Crippen LogP contribution in [0.1, 0.15) is 23.2 Å². The molecule has 7 heteroatoms. The van der Waals surface area contributed by atoms with E-state index in [1.807, 2.05) is 31.3 Å². The summed E-state index contributed by atoms with van der Waals surface area (Å²) in [6.07, 6.45) is 1.64. The molecule has 4 rings (SSSR count). The second-order valence-electron chi connectivity index (χ2n) is 6.50. The van der Waals surface area contributed by atoms with Gasteiger partial charge in [0.25, 0.3) is 5.56 Å². The average Bonchev–Trinajstić information content (AvgIpc) is 3.10. The van der Waals surface area contributed by atoms with E-state index in [4.69, 9.17) is 4.74 Å². The van der Waals surface area contributed by atoms with Gasteiger partial charge in [-0.15, -0.1) is 0 Å². The fourth-order valence-corrected chi connectivity index (χ4v) is 3.29. The number of aromatic nitrogens is 4. The van der Waals surface area contributed by atoms with Crippen molar-refractivity contribution in [3.8, 4) is 11.3 Å². The number of nitrogens with one attached hydrogen (secondary N) is 2. The second kappa shape index (κ2) is 7.23. The number of hydrogen-bond donors (Lipinski definition) is 2. The monoisotopic (exact) mass is 351 g/mol. The lowest BCUT2D eigenvalue weighted by molar-refractivity contribution is -0.0373. The quantitative estimate of drug-likeness (QED) is 0.751. The van der Waals surface area contributed by atoms with Gasteiger partial charge in [0.2, 0.25) is 0 Å². The molecule has 1 aliphatic rings. The van der Waals surface area contributed by atoms with Crippen LogP contribution < -0.4 is 5.56 Å². The van der Waals surface area contributed by atoms with Crippen molar-refractivity contribution in [1.82, 2.24) is 25.1 Å². The Labute approximate surface area is 151 Å². The lowest BCUT2D eigenvalue weighted by atomic mass is 10.1. The minimum Gasteiger partial charge on any atom is -0.368 e. The summed E-state index contributed by atoms with van der Waals surface area (Å²) in [4.78, 5) is 21.2. The summed E-state index contributed by atoms with van der Waals surface area (Å²) in [5.74, 6) is 0.593. The molecule has 3 aromatic rings. The molecule has 0 aliphatic carbocycles. The molecule has 1 aliphatic heterocycles. The highest BCUT2D eigenvalue weighted by Crippen LogP contribution is 2.25. The number of aryl methyl sites for hydroxylation is 1. The molecule has 1 saturated heterocycles. The maximum absolute atomic E-state index is 11.7. The Morgan fingerprint density at radius 3 is 2.96 bits per heavy atom. The molecule has 1 fully saturated rings. The van der Waals surface area contributed by atoms with E-state index in [0.717, 1.165) is 29.9 Å². The lowest BCUT2D eigenvalue weighted by Gasteiger charge is -2.32. The first-order valence-electron chi connectivity index (χ1n) is 8.68. The number of aromatic amines is 2. The molecule has 3 heterocycles. The van der Waals surface area contributed by atoms with Crippen LogP contribution in [0, 0.1) is 6.92 Å². The molecule has 7 nitrogen and oxygen atoms in total. The first-order chi connectivity index (χ1) is 12.7. The van der Waals surface area contributed by atoms with Crippen LogP contribution in [0.3, 0.4) is 0 Å². The Hall–Kier alpha value is -2.77. The third-order valence-electron chi connectivity index (χ3n) is 4.52. The highest BCUT2D eigenvalue weighted by atomic mass is 16.5. The number of rotatable bonds is 4. The molecule has 1 atom stereocenters. The standard InChI is InChI=1S/C19H21N5O2/c1-13-9-17(25)22-19(21-13)16-12-24(7-8-26-16)11-15-10-20-23-18(15)14-5-3-2-4-6-14/h2-6,9-10,16H,7-8,11-12H2,1H3,(H,20,23)(H,21,22,25). The third kappa shape index (κ3) is 3.58. The van der Waals surface area contributed by atoms with Gasteiger partial charge >= 0.3 is 0 Å². The van der Waals surface area contributed by atoms with Gasteiger partial charge in [-0.2, -0.15) is 5.10 Å². The van der Waals surface area contributed by atoms with Crippen LogP contribution in [0.25, 0.3) is 11.3 Å². The molecule has 0 amide bonds. The molecule has 0 spiro atoms. The summed E-state index contributed by atoms with van der Waals surface area (Å²) >= 11 is 0. The Kier molecular flexibility index (Phi) is 4.64. The summed E-state index contributed by atoms with van der Waals surface area (Å²) < 4.78 is 5.84. The van der Waals surface area contributed by atoms with Crippen LogP contribution in [0.5, 0.6) is 0 Å². The zero-order valence-corrected chi connectivity index (χ0v) is 14.6. The predicted molar refractivity (Wildman–Crippen MR) is 97.6 cm³/mol. The van der Waals surface area contributed by atoms with Crippen molar-refractivity contribution in [1.29, 1.82) is 0 Å². The van der Waals surface area contributed by atoms with Crippen molar-refractivity contribution >= 4 is 0 Å². The van der Waals surface area contributed by atoms with Crippen molar-refractivity contribution in [3.05, 3.63) is 70.0 Å². The van der Waals surface area contributed by atoms with Crippen molar-refractivity contribution in [3.63, 3.8) is 0 Å². The summed E-state index contributed by atoms with van der Waals surface area (Å²) in [6, 6.07) is 11.7. The maximum Gasteiger partial charge on any atom is 0.251 e. The Bertz CT molecular complexity index is 934. The molecule has 0 saturated carbocycles. The van der Waals surface area contributed by atoms with Crippen LogP contribution >= 0.6 is 0 Å². The van der Waals surface area contributed by atoms with Gasteiger partial charge in [0.05, 0.1) is 18.5 Å². The van der Waals surface area contributed by atoms with Gasteiger partial charge in [0.15, 0.2) is 0 Å². The fourth-order valence-electron chi connectivity index (χ4n) is 3.29. The molecule has 134 valence electrons. The predicted octanol–water partition coefficient (Wildman–Crippen LogP) is 2.04. The second-order valence-corrected chi connectivity index (χ2v) is 6.50. The van der Waals surface area contributed by atoms with Crippen LogP contribution in [0.2, 0.25) is 0 Å². The zero-order chi connectivity index (χ0) is 17.9. The van der Waals surface area contributed by atoms with Gasteiger partial charge in [-0.05, 0) is 12.5 Å². The van der Waals surface area contributed by atoms with E-state index >= 15 is 0 Å². The Balaban J connectivity index is 1.51. The van der Waals surface area contributed by atoms with Crippen LogP contribution in [-0.2, 0) is 11.3 Å². The first kappa shape index (κ1) is 16.7. The number of hydrogen-bond acceptors (Lipinski definition) is 5. The number of ether oxygens (including phenoxy) is 1. The van der Waals surface area contributed by atoms with Gasteiger partial charge in [0.1, 0.15) is 11.9 Å². The van der Waals surface area contributed by atoms with Crippen molar-refractivity contribution < 1.29 is 4.74 Å². The SMILES string of the molecule is Cc1cc(=O)[nH]c(C2CN(Cc3cn[nH]c3-c3ccccc3)CCO2)n1. The molecule has 2 N–H and O–H groups in total. The van der Waals surface area contributed by atoms with Gasteiger partial charge in [-0.25, -0.2) is 4.98 Å². The lowest BCUT2D eigenvalue weighted by Crippen LogP contribution is -2.39. The maximum atomic E-state index is 11.7.